The van der Waals surface area contributed by atoms with Crippen molar-refractivity contribution in [2.45, 2.75) is 19.4 Å². The number of nitrogens with one attached hydrogen (secondary N) is 2. The van der Waals surface area contributed by atoms with Crippen LogP contribution in [0.1, 0.15) is 13.3 Å². The summed E-state index contributed by atoms with van der Waals surface area (Å²) in [4.78, 5) is 0. The van der Waals surface area contributed by atoms with Gasteiger partial charge in [0, 0.05) is 12.6 Å². The van der Waals surface area contributed by atoms with Gasteiger partial charge in [-0.05, 0) is 19.5 Å². The topological polar surface area (TPSA) is 24.1 Å². The van der Waals surface area contributed by atoms with Gasteiger partial charge in [0.25, 0.3) is 0 Å². The summed E-state index contributed by atoms with van der Waals surface area (Å²) in [5, 5.41) is 6.68. The lowest BCUT2D eigenvalue weighted by molar-refractivity contribution is 0.567. The average molecular weight is 192 g/mol. The van der Waals surface area contributed by atoms with Gasteiger partial charge in [-0.1, -0.05) is 43.3 Å². The minimum Gasteiger partial charge on any atom is -0.315 e. The van der Waals surface area contributed by atoms with Crippen molar-refractivity contribution in [3.8, 4) is 0 Å². The van der Waals surface area contributed by atoms with E-state index in [-0.39, 0.29) is 0 Å². The summed E-state index contributed by atoms with van der Waals surface area (Å²) in [5.41, 5.74) is 0. The highest BCUT2D eigenvalue weighted by atomic mass is 15.0. The van der Waals surface area contributed by atoms with Crippen LogP contribution < -0.4 is 10.6 Å². The zero-order valence-electron chi connectivity index (χ0n) is 8.87. The number of hydrogen-bond acceptors (Lipinski definition) is 2. The van der Waals surface area contributed by atoms with Crippen molar-refractivity contribution in [2.24, 2.45) is 0 Å². The Balaban J connectivity index is 0.000000146. The van der Waals surface area contributed by atoms with Gasteiger partial charge < -0.3 is 10.6 Å². The Kier molecular flexibility index (Phi) is 6.04. The largest absolute Gasteiger partial charge is 0.315 e. The normalized spacial score (nSPS) is 19.9. The van der Waals surface area contributed by atoms with Crippen LogP contribution in [0.4, 0.5) is 0 Å². The Morgan fingerprint density at radius 3 is 2.07 bits per heavy atom. The molecule has 2 nitrogen and oxygen atoms in total. The van der Waals surface area contributed by atoms with Crippen LogP contribution in [0.5, 0.6) is 0 Å². The Hall–Kier alpha value is -0.860. The second-order valence-electron chi connectivity index (χ2n) is 3.40. The van der Waals surface area contributed by atoms with E-state index in [0.717, 1.165) is 19.1 Å². The van der Waals surface area contributed by atoms with Crippen molar-refractivity contribution in [1.29, 1.82) is 0 Å². The molecule has 1 fully saturated rings. The van der Waals surface area contributed by atoms with Gasteiger partial charge in [0.05, 0.1) is 0 Å². The first kappa shape index (κ1) is 11.2. The van der Waals surface area contributed by atoms with Crippen LogP contribution in [0.3, 0.4) is 0 Å². The second kappa shape index (κ2) is 7.54. The molecule has 78 valence electrons. The molecule has 1 saturated heterocycles. The monoisotopic (exact) mass is 192 g/mol. The first-order chi connectivity index (χ1) is 6.93. The molecular weight excluding hydrogens is 172 g/mol. The van der Waals surface area contributed by atoms with Gasteiger partial charge in [-0.3, -0.25) is 0 Å². The molecule has 14 heavy (non-hydrogen) atoms. The Morgan fingerprint density at radius 2 is 1.71 bits per heavy atom. The van der Waals surface area contributed by atoms with Gasteiger partial charge in [0.2, 0.25) is 0 Å². The average Bonchev–Trinajstić information content (AvgIpc) is 2.75. The molecule has 0 saturated carbocycles. The minimum atomic E-state index is 0.750. The van der Waals surface area contributed by atoms with E-state index in [1.807, 2.05) is 36.4 Å². The van der Waals surface area contributed by atoms with Crippen LogP contribution in [-0.2, 0) is 0 Å². The lowest BCUT2D eigenvalue weighted by Crippen LogP contribution is -2.30. The number of hydrogen-bond donors (Lipinski definition) is 2. The molecule has 0 aromatic heterocycles. The summed E-state index contributed by atoms with van der Waals surface area (Å²) in [7, 11) is 0. The van der Waals surface area contributed by atoms with Crippen molar-refractivity contribution < 1.29 is 0 Å². The molecule has 1 heterocycles. The molecule has 0 aliphatic carbocycles. The fraction of sp³-hybridized carbons (Fsp3) is 0.500. The first-order valence-electron chi connectivity index (χ1n) is 5.37. The van der Waals surface area contributed by atoms with Crippen molar-refractivity contribution in [2.75, 3.05) is 19.6 Å². The third kappa shape index (κ3) is 5.00. The molecule has 0 radical (unpaired) electrons. The van der Waals surface area contributed by atoms with Gasteiger partial charge in [-0.25, -0.2) is 0 Å². The van der Waals surface area contributed by atoms with E-state index in [1.165, 1.54) is 13.0 Å². The molecule has 0 amide bonds. The fourth-order valence-electron chi connectivity index (χ4n) is 1.50. The fourth-order valence-corrected chi connectivity index (χ4v) is 1.50. The maximum absolute atomic E-state index is 3.38. The summed E-state index contributed by atoms with van der Waals surface area (Å²) < 4.78 is 0. The van der Waals surface area contributed by atoms with E-state index in [2.05, 4.69) is 17.6 Å². The third-order valence-corrected chi connectivity index (χ3v) is 2.22. The number of likely N-dealkylation sites (N-methyl/N-ethyl adjacent to an activating group) is 1. The molecular formula is C12H20N2. The van der Waals surface area contributed by atoms with Gasteiger partial charge >= 0.3 is 0 Å². The standard InChI is InChI=1S/C6H14N2.C6H6/c1-2-8-6-3-4-7-5-6;1-2-4-6-5-3-1/h6-8H,2-5H2,1H3;1-6H. The molecule has 2 N–H and O–H groups in total. The highest BCUT2D eigenvalue weighted by molar-refractivity contribution is 4.99. The van der Waals surface area contributed by atoms with E-state index in [1.54, 1.807) is 0 Å². The summed E-state index contributed by atoms with van der Waals surface area (Å²) >= 11 is 0. The van der Waals surface area contributed by atoms with Crippen LogP contribution in [0.2, 0.25) is 0 Å². The second-order valence-corrected chi connectivity index (χ2v) is 3.40. The molecule has 2 rings (SSSR count). The molecule has 0 bridgehead atoms. The molecule has 1 aliphatic rings. The van der Waals surface area contributed by atoms with Crippen molar-refractivity contribution >= 4 is 0 Å². The van der Waals surface area contributed by atoms with Crippen molar-refractivity contribution in [3.05, 3.63) is 36.4 Å². The Morgan fingerprint density at radius 1 is 1.14 bits per heavy atom. The van der Waals surface area contributed by atoms with E-state index >= 15 is 0 Å². The van der Waals surface area contributed by atoms with Gasteiger partial charge in [-0.15, -0.1) is 0 Å². The summed E-state index contributed by atoms with van der Waals surface area (Å²) in [6, 6.07) is 12.8. The summed E-state index contributed by atoms with van der Waals surface area (Å²) in [5.74, 6) is 0. The lowest BCUT2D eigenvalue weighted by atomic mass is 10.3. The van der Waals surface area contributed by atoms with Crippen LogP contribution >= 0.6 is 0 Å². The van der Waals surface area contributed by atoms with Crippen LogP contribution in [0, 0.1) is 0 Å². The highest BCUT2D eigenvalue weighted by Crippen LogP contribution is 1.94. The zero-order valence-corrected chi connectivity index (χ0v) is 8.87. The van der Waals surface area contributed by atoms with Crippen molar-refractivity contribution in [3.63, 3.8) is 0 Å². The molecule has 2 heteroatoms. The molecule has 1 atom stereocenters. The van der Waals surface area contributed by atoms with E-state index in [4.69, 9.17) is 0 Å². The van der Waals surface area contributed by atoms with Gasteiger partial charge in [0.15, 0.2) is 0 Å². The predicted molar refractivity (Wildman–Crippen MR) is 61.4 cm³/mol. The summed E-state index contributed by atoms with van der Waals surface area (Å²) in [6.07, 6.45) is 1.30. The SMILES string of the molecule is CCNC1CCNC1.c1ccccc1. The molecule has 1 aliphatic heterocycles. The molecule has 1 unspecified atom stereocenters. The highest BCUT2D eigenvalue weighted by Gasteiger charge is 2.11. The van der Waals surface area contributed by atoms with Crippen LogP contribution in [-0.4, -0.2) is 25.7 Å². The number of rotatable bonds is 2. The maximum Gasteiger partial charge on any atom is 0.0204 e. The van der Waals surface area contributed by atoms with Crippen LogP contribution in [0.15, 0.2) is 36.4 Å². The zero-order chi connectivity index (χ0) is 10.1. The van der Waals surface area contributed by atoms with Crippen molar-refractivity contribution in [1.82, 2.24) is 10.6 Å². The summed E-state index contributed by atoms with van der Waals surface area (Å²) in [6.45, 7) is 5.61. The van der Waals surface area contributed by atoms with E-state index in [9.17, 15) is 0 Å². The molecule has 1 aromatic carbocycles. The Labute approximate surface area is 86.7 Å². The van der Waals surface area contributed by atoms with E-state index < -0.39 is 0 Å². The molecule has 0 spiro atoms. The first-order valence-corrected chi connectivity index (χ1v) is 5.37. The minimum absolute atomic E-state index is 0.750. The smallest absolute Gasteiger partial charge is 0.0204 e. The van der Waals surface area contributed by atoms with E-state index in [0.29, 0.717) is 0 Å². The molecule has 1 aromatic rings. The maximum atomic E-state index is 3.38. The van der Waals surface area contributed by atoms with Crippen LogP contribution in [0.25, 0.3) is 0 Å². The van der Waals surface area contributed by atoms with Gasteiger partial charge in [0.1, 0.15) is 0 Å². The number of benzene rings is 1. The lowest BCUT2D eigenvalue weighted by Gasteiger charge is -2.06. The predicted octanol–water partition coefficient (Wildman–Crippen LogP) is 1.64. The van der Waals surface area contributed by atoms with Gasteiger partial charge in [-0.2, -0.15) is 0 Å². The third-order valence-electron chi connectivity index (χ3n) is 2.22. The Bertz CT molecular complexity index is 178. The quantitative estimate of drug-likeness (QED) is 0.744.